The van der Waals surface area contributed by atoms with E-state index in [0.29, 0.717) is 0 Å². The van der Waals surface area contributed by atoms with Crippen molar-refractivity contribution < 1.29 is 13.9 Å². The normalized spacial score (nSPS) is 10.0. The van der Waals surface area contributed by atoms with E-state index in [9.17, 15) is 9.18 Å². The maximum atomic E-state index is 13.0. The van der Waals surface area contributed by atoms with Crippen LogP contribution in [-0.2, 0) is 0 Å². The van der Waals surface area contributed by atoms with Gasteiger partial charge in [0.15, 0.2) is 11.5 Å². The van der Waals surface area contributed by atoms with Crippen molar-refractivity contribution in [1.82, 2.24) is 0 Å². The molecular formula is C9H9ClFNO2. The van der Waals surface area contributed by atoms with Gasteiger partial charge in [-0.25, -0.2) is 4.39 Å². The fourth-order valence-corrected chi connectivity index (χ4v) is 1.30. The van der Waals surface area contributed by atoms with Gasteiger partial charge < -0.3 is 10.5 Å². The average molecular weight is 218 g/mol. The topological polar surface area (TPSA) is 52.3 Å². The summed E-state index contributed by atoms with van der Waals surface area (Å²) in [4.78, 5) is 11.3. The quantitative estimate of drug-likeness (QED) is 0.783. The van der Waals surface area contributed by atoms with Gasteiger partial charge >= 0.3 is 0 Å². The number of hydrogen-bond donors (Lipinski definition) is 1. The molecule has 0 unspecified atom stereocenters. The van der Waals surface area contributed by atoms with Crippen LogP contribution in [0, 0.1) is 5.82 Å². The molecule has 0 aliphatic heterocycles. The first-order chi connectivity index (χ1) is 6.61. The Morgan fingerprint density at radius 2 is 2.29 bits per heavy atom. The molecule has 0 amide bonds. The van der Waals surface area contributed by atoms with Crippen LogP contribution in [0.3, 0.4) is 0 Å². The maximum absolute atomic E-state index is 13.0. The van der Waals surface area contributed by atoms with Gasteiger partial charge in [-0.15, -0.1) is 0 Å². The van der Waals surface area contributed by atoms with Crippen molar-refractivity contribution in [2.75, 3.05) is 13.7 Å². The fourth-order valence-electron chi connectivity index (χ4n) is 1.06. The lowest BCUT2D eigenvalue weighted by Crippen LogP contribution is -2.14. The van der Waals surface area contributed by atoms with Crippen molar-refractivity contribution in [3.8, 4) is 5.75 Å². The summed E-state index contributed by atoms with van der Waals surface area (Å²) in [5.41, 5.74) is 5.37. The summed E-state index contributed by atoms with van der Waals surface area (Å²) in [5, 5.41) is -0.202. The molecule has 0 aliphatic rings. The lowest BCUT2D eigenvalue weighted by molar-refractivity contribution is 0.0998. The van der Waals surface area contributed by atoms with Crippen LogP contribution in [-0.4, -0.2) is 19.4 Å². The molecule has 0 heterocycles. The number of rotatable bonds is 3. The zero-order valence-electron chi connectivity index (χ0n) is 7.51. The molecule has 3 nitrogen and oxygen atoms in total. The standard InChI is InChI=1S/C9H9ClFNO2/c1-14-9-5(7(13)4-12)2-3-6(11)8(9)10/h2-3H,4,12H2,1H3. The molecule has 76 valence electrons. The molecule has 0 atom stereocenters. The minimum absolute atomic E-state index is 0.0297. The Hall–Kier alpha value is -1.13. The van der Waals surface area contributed by atoms with Crippen molar-refractivity contribution >= 4 is 17.4 Å². The van der Waals surface area contributed by atoms with Gasteiger partial charge in [-0.3, -0.25) is 4.79 Å². The molecule has 0 aromatic heterocycles. The molecule has 14 heavy (non-hydrogen) atoms. The van der Waals surface area contributed by atoms with Crippen LogP contribution in [0.15, 0.2) is 12.1 Å². The first kappa shape index (κ1) is 10.9. The number of carbonyl (C=O) groups is 1. The van der Waals surface area contributed by atoms with E-state index in [1.807, 2.05) is 0 Å². The monoisotopic (exact) mass is 217 g/mol. The van der Waals surface area contributed by atoms with Crippen LogP contribution in [0.1, 0.15) is 10.4 Å². The van der Waals surface area contributed by atoms with Gasteiger partial charge in [0.1, 0.15) is 10.8 Å². The van der Waals surface area contributed by atoms with Gasteiger partial charge in [0.25, 0.3) is 0 Å². The summed E-state index contributed by atoms with van der Waals surface area (Å²) in [6.07, 6.45) is 0. The van der Waals surface area contributed by atoms with Crippen LogP contribution < -0.4 is 10.5 Å². The predicted molar refractivity (Wildman–Crippen MR) is 51.3 cm³/mol. The minimum atomic E-state index is -0.628. The smallest absolute Gasteiger partial charge is 0.180 e. The second-order valence-electron chi connectivity index (χ2n) is 2.57. The van der Waals surface area contributed by atoms with Gasteiger partial charge in [0.2, 0.25) is 0 Å². The third-order valence-corrected chi connectivity index (χ3v) is 2.09. The van der Waals surface area contributed by atoms with E-state index in [4.69, 9.17) is 22.1 Å². The Bertz CT molecular complexity index is 368. The van der Waals surface area contributed by atoms with Crippen LogP contribution in [0.25, 0.3) is 0 Å². The molecular weight excluding hydrogens is 209 g/mol. The van der Waals surface area contributed by atoms with Crippen molar-refractivity contribution in [2.45, 2.75) is 0 Å². The number of ether oxygens (including phenoxy) is 1. The van der Waals surface area contributed by atoms with E-state index in [-0.39, 0.29) is 28.7 Å². The Kier molecular flexibility index (Phi) is 3.43. The number of Topliss-reactive ketones (excluding diaryl/α,β-unsaturated/α-hetero) is 1. The number of halogens is 2. The molecule has 2 N–H and O–H groups in total. The van der Waals surface area contributed by atoms with Crippen molar-refractivity contribution in [1.29, 1.82) is 0 Å². The molecule has 0 aliphatic carbocycles. The van der Waals surface area contributed by atoms with Gasteiger partial charge in [-0.05, 0) is 12.1 Å². The largest absolute Gasteiger partial charge is 0.494 e. The van der Waals surface area contributed by atoms with E-state index in [2.05, 4.69) is 0 Å². The number of hydrogen-bond acceptors (Lipinski definition) is 3. The molecule has 0 saturated carbocycles. The van der Waals surface area contributed by atoms with E-state index in [1.165, 1.54) is 13.2 Å². The number of ketones is 1. The van der Waals surface area contributed by atoms with Gasteiger partial charge in [0.05, 0.1) is 19.2 Å². The Morgan fingerprint density at radius 1 is 1.64 bits per heavy atom. The molecule has 1 aromatic rings. The van der Waals surface area contributed by atoms with Gasteiger partial charge in [-0.2, -0.15) is 0 Å². The number of methoxy groups -OCH3 is 1. The summed E-state index contributed by atoms with van der Waals surface area (Å²) in [6.45, 7) is -0.168. The Labute approximate surface area is 85.6 Å². The summed E-state index contributed by atoms with van der Waals surface area (Å²) < 4.78 is 17.8. The Balaban J connectivity index is 3.31. The zero-order chi connectivity index (χ0) is 10.7. The van der Waals surface area contributed by atoms with Crippen molar-refractivity contribution in [3.63, 3.8) is 0 Å². The third-order valence-electron chi connectivity index (χ3n) is 1.74. The third kappa shape index (κ3) is 1.86. The van der Waals surface area contributed by atoms with Crippen molar-refractivity contribution in [2.24, 2.45) is 5.73 Å². The van der Waals surface area contributed by atoms with E-state index < -0.39 is 5.82 Å². The molecule has 0 bridgehead atoms. The molecule has 1 aromatic carbocycles. The molecule has 5 heteroatoms. The number of benzene rings is 1. The molecule has 0 fully saturated rings. The average Bonchev–Trinajstić information content (AvgIpc) is 2.20. The number of nitrogens with two attached hydrogens (primary N) is 1. The zero-order valence-corrected chi connectivity index (χ0v) is 8.27. The fraction of sp³-hybridized carbons (Fsp3) is 0.222. The highest BCUT2D eigenvalue weighted by Gasteiger charge is 2.16. The van der Waals surface area contributed by atoms with Crippen molar-refractivity contribution in [3.05, 3.63) is 28.5 Å². The van der Waals surface area contributed by atoms with Crippen LogP contribution in [0.5, 0.6) is 5.75 Å². The van der Waals surface area contributed by atoms with E-state index in [1.54, 1.807) is 0 Å². The first-order valence-electron chi connectivity index (χ1n) is 3.87. The second-order valence-corrected chi connectivity index (χ2v) is 2.95. The van der Waals surface area contributed by atoms with E-state index >= 15 is 0 Å². The van der Waals surface area contributed by atoms with E-state index in [0.717, 1.165) is 6.07 Å². The lowest BCUT2D eigenvalue weighted by Gasteiger charge is -2.08. The highest BCUT2D eigenvalue weighted by molar-refractivity contribution is 6.32. The van der Waals surface area contributed by atoms with Gasteiger partial charge in [0, 0.05) is 0 Å². The van der Waals surface area contributed by atoms with Gasteiger partial charge in [-0.1, -0.05) is 11.6 Å². The molecule has 0 spiro atoms. The first-order valence-corrected chi connectivity index (χ1v) is 4.24. The molecule has 0 radical (unpaired) electrons. The summed E-state index contributed by atoms with van der Waals surface area (Å²) >= 11 is 5.61. The minimum Gasteiger partial charge on any atom is -0.494 e. The predicted octanol–water partition coefficient (Wildman–Crippen LogP) is 1.63. The highest BCUT2D eigenvalue weighted by Crippen LogP contribution is 2.31. The SMILES string of the molecule is COc1c(C(=O)CN)ccc(F)c1Cl. The summed E-state index contributed by atoms with van der Waals surface area (Å²) in [7, 11) is 1.31. The highest BCUT2D eigenvalue weighted by atomic mass is 35.5. The molecule has 0 saturated heterocycles. The van der Waals surface area contributed by atoms with Crippen LogP contribution in [0.4, 0.5) is 4.39 Å². The molecule has 1 rings (SSSR count). The lowest BCUT2D eigenvalue weighted by atomic mass is 10.1. The Morgan fingerprint density at radius 3 is 2.79 bits per heavy atom. The number of carbonyl (C=O) groups excluding carboxylic acids is 1. The van der Waals surface area contributed by atoms with Crippen LogP contribution >= 0.6 is 11.6 Å². The second kappa shape index (κ2) is 4.39. The van der Waals surface area contributed by atoms with Crippen LogP contribution in [0.2, 0.25) is 5.02 Å². The summed E-state index contributed by atoms with van der Waals surface area (Å²) in [6, 6.07) is 2.41. The summed E-state index contributed by atoms with van der Waals surface area (Å²) in [5.74, 6) is -0.942. The maximum Gasteiger partial charge on any atom is 0.180 e.